The maximum atomic E-state index is 13.7. The van der Waals surface area contributed by atoms with Crippen LogP contribution in [0.25, 0.3) is 0 Å². The number of fused-ring (bicyclic) bond motifs is 1. The van der Waals surface area contributed by atoms with Gasteiger partial charge in [0.15, 0.2) is 0 Å². The van der Waals surface area contributed by atoms with Gasteiger partial charge < -0.3 is 25.4 Å². The van der Waals surface area contributed by atoms with Crippen molar-refractivity contribution in [3.05, 3.63) is 0 Å². The maximum absolute atomic E-state index is 13.7. The Balaban J connectivity index is 1.72. The number of rotatable bonds is 6. The van der Waals surface area contributed by atoms with Gasteiger partial charge >= 0.3 is 0 Å². The fraction of sp³-hybridized carbons (Fsp3) is 0.864. The number of hydrogen-bond acceptors (Lipinski definition) is 5. The van der Waals surface area contributed by atoms with Crippen molar-refractivity contribution < 1.29 is 24.2 Å². The highest BCUT2D eigenvalue weighted by Crippen LogP contribution is 2.63. The van der Waals surface area contributed by atoms with Crippen molar-refractivity contribution in [2.24, 2.45) is 11.8 Å². The minimum Gasteiger partial charge on any atom is -0.394 e. The number of nitrogens with one attached hydrogen (secondary N) is 2. The van der Waals surface area contributed by atoms with Gasteiger partial charge in [0.25, 0.3) is 0 Å². The molecule has 4 rings (SSSR count). The summed E-state index contributed by atoms with van der Waals surface area (Å²) in [6.45, 7) is 3.56. The molecular formula is C22H35N3O5. The van der Waals surface area contributed by atoms with Gasteiger partial charge in [0, 0.05) is 13.1 Å². The van der Waals surface area contributed by atoms with E-state index in [1.165, 1.54) is 6.42 Å². The van der Waals surface area contributed by atoms with Crippen molar-refractivity contribution in [3.63, 3.8) is 0 Å². The molecule has 4 aliphatic rings. The van der Waals surface area contributed by atoms with Crippen LogP contribution in [0, 0.1) is 11.8 Å². The monoisotopic (exact) mass is 421 g/mol. The number of aliphatic hydroxyl groups excluding tert-OH is 1. The molecule has 0 radical (unpaired) electrons. The van der Waals surface area contributed by atoms with Crippen LogP contribution in [0.3, 0.4) is 0 Å². The highest BCUT2D eigenvalue weighted by molar-refractivity contribution is 5.99. The number of ether oxygens (including phenoxy) is 1. The van der Waals surface area contributed by atoms with Crippen LogP contribution in [0.1, 0.15) is 65.2 Å². The molecule has 0 aromatic rings. The van der Waals surface area contributed by atoms with Crippen LogP contribution in [0.5, 0.6) is 0 Å². The molecule has 2 unspecified atom stereocenters. The maximum Gasteiger partial charge on any atom is 0.246 e. The molecule has 1 aliphatic carbocycles. The molecule has 4 fully saturated rings. The molecule has 3 N–H and O–H groups in total. The molecule has 3 amide bonds. The predicted octanol–water partition coefficient (Wildman–Crippen LogP) is 0.717. The first kappa shape index (κ1) is 21.6. The summed E-state index contributed by atoms with van der Waals surface area (Å²) in [5.41, 5.74) is -1.76. The van der Waals surface area contributed by atoms with E-state index in [-0.39, 0.29) is 30.4 Å². The lowest BCUT2D eigenvalue weighted by Crippen LogP contribution is -2.59. The normalized spacial score (nSPS) is 39.1. The van der Waals surface area contributed by atoms with Gasteiger partial charge in [-0.3, -0.25) is 14.4 Å². The summed E-state index contributed by atoms with van der Waals surface area (Å²) in [5, 5.41) is 15.9. The Morgan fingerprint density at radius 3 is 2.53 bits per heavy atom. The molecule has 0 aromatic heterocycles. The fourth-order valence-electron chi connectivity index (χ4n) is 6.55. The topological polar surface area (TPSA) is 108 Å². The minimum absolute atomic E-state index is 0.108. The van der Waals surface area contributed by atoms with E-state index in [9.17, 15) is 19.5 Å². The van der Waals surface area contributed by atoms with Crippen molar-refractivity contribution in [2.75, 3.05) is 13.7 Å². The van der Waals surface area contributed by atoms with E-state index in [0.717, 1.165) is 25.7 Å². The van der Waals surface area contributed by atoms with E-state index >= 15 is 0 Å². The second-order valence-corrected chi connectivity index (χ2v) is 9.68. The Kier molecular flexibility index (Phi) is 5.60. The highest BCUT2D eigenvalue weighted by Gasteiger charge is 2.78. The molecule has 1 spiro atoms. The quantitative estimate of drug-likeness (QED) is 0.586. The number of nitrogens with zero attached hydrogens (tertiary/aromatic N) is 1. The van der Waals surface area contributed by atoms with Gasteiger partial charge in [0.2, 0.25) is 17.7 Å². The largest absolute Gasteiger partial charge is 0.394 e. The Morgan fingerprint density at radius 1 is 1.23 bits per heavy atom. The van der Waals surface area contributed by atoms with Crippen LogP contribution in [-0.2, 0) is 19.1 Å². The van der Waals surface area contributed by atoms with Crippen LogP contribution in [0.2, 0.25) is 0 Å². The summed E-state index contributed by atoms with van der Waals surface area (Å²) >= 11 is 0. The average molecular weight is 422 g/mol. The molecular weight excluding hydrogens is 386 g/mol. The lowest BCUT2D eigenvalue weighted by molar-refractivity contribution is -0.150. The van der Waals surface area contributed by atoms with Crippen molar-refractivity contribution in [1.82, 2.24) is 15.5 Å². The summed E-state index contributed by atoms with van der Waals surface area (Å²) < 4.78 is 6.50. The molecule has 30 heavy (non-hydrogen) atoms. The lowest BCUT2D eigenvalue weighted by Gasteiger charge is -2.37. The van der Waals surface area contributed by atoms with Crippen molar-refractivity contribution >= 4 is 17.7 Å². The zero-order valence-electron chi connectivity index (χ0n) is 18.3. The Hall–Kier alpha value is -1.67. The SMILES string of the molecule is CC[C@@H](CO)N1C(=O)[C@@H]2[C@H](C(=O)NC)[C@]3(C)CCC2(O3)C1C(=O)NC1CCCCC1. The summed E-state index contributed by atoms with van der Waals surface area (Å²) in [5.74, 6) is -1.99. The van der Waals surface area contributed by atoms with Gasteiger partial charge in [-0.2, -0.15) is 0 Å². The van der Waals surface area contributed by atoms with Gasteiger partial charge in [0.1, 0.15) is 11.6 Å². The number of carbonyl (C=O) groups excluding carboxylic acids is 3. The van der Waals surface area contributed by atoms with Gasteiger partial charge in [-0.15, -0.1) is 0 Å². The first-order valence-electron chi connectivity index (χ1n) is 11.5. The van der Waals surface area contributed by atoms with Crippen LogP contribution in [-0.4, -0.2) is 70.7 Å². The zero-order valence-corrected chi connectivity index (χ0v) is 18.3. The standard InChI is InChI=1S/C22H35N3O5/c1-4-14(12-26)25-17(19(28)24-13-8-6-5-7-9-13)22-11-10-21(2,30-22)15(18(27)23-3)16(22)20(25)29/h13-17,26H,4-12H2,1-3H3,(H,23,27)(H,24,28)/t14-,15+,16-,17?,21-,22?/m0/s1. The number of hydrogen-bond donors (Lipinski definition) is 3. The summed E-state index contributed by atoms with van der Waals surface area (Å²) in [6.07, 6.45) is 6.98. The van der Waals surface area contributed by atoms with E-state index in [2.05, 4.69) is 10.6 Å². The van der Waals surface area contributed by atoms with Crippen molar-refractivity contribution in [1.29, 1.82) is 0 Å². The smallest absolute Gasteiger partial charge is 0.246 e. The first-order chi connectivity index (χ1) is 14.3. The zero-order chi connectivity index (χ0) is 21.7. The van der Waals surface area contributed by atoms with Gasteiger partial charge in [-0.25, -0.2) is 0 Å². The average Bonchev–Trinajstić information content (AvgIpc) is 3.30. The van der Waals surface area contributed by atoms with Crippen LogP contribution in [0.15, 0.2) is 0 Å². The van der Waals surface area contributed by atoms with Crippen molar-refractivity contribution in [3.8, 4) is 0 Å². The third kappa shape index (κ3) is 2.98. The van der Waals surface area contributed by atoms with E-state index in [4.69, 9.17) is 4.74 Å². The second kappa shape index (κ2) is 7.79. The van der Waals surface area contributed by atoms with Crippen LogP contribution >= 0.6 is 0 Å². The predicted molar refractivity (Wildman–Crippen MR) is 109 cm³/mol. The van der Waals surface area contributed by atoms with Gasteiger partial charge in [0.05, 0.1) is 30.1 Å². The van der Waals surface area contributed by atoms with E-state index in [0.29, 0.717) is 19.3 Å². The van der Waals surface area contributed by atoms with E-state index in [1.54, 1.807) is 11.9 Å². The molecule has 8 nitrogen and oxygen atoms in total. The Labute approximate surface area is 178 Å². The molecule has 1 saturated carbocycles. The molecule has 8 heteroatoms. The van der Waals surface area contributed by atoms with E-state index in [1.807, 2.05) is 13.8 Å². The summed E-state index contributed by atoms with van der Waals surface area (Å²) in [4.78, 5) is 41.6. The highest BCUT2D eigenvalue weighted by atomic mass is 16.5. The van der Waals surface area contributed by atoms with E-state index < -0.39 is 35.1 Å². The molecule has 2 bridgehead atoms. The number of amides is 3. The fourth-order valence-corrected chi connectivity index (χ4v) is 6.55. The lowest BCUT2D eigenvalue weighted by atomic mass is 9.66. The molecule has 3 heterocycles. The molecule has 6 atom stereocenters. The van der Waals surface area contributed by atoms with Crippen LogP contribution < -0.4 is 10.6 Å². The third-order valence-corrected chi connectivity index (χ3v) is 8.02. The Morgan fingerprint density at radius 2 is 1.93 bits per heavy atom. The first-order valence-corrected chi connectivity index (χ1v) is 11.5. The second-order valence-electron chi connectivity index (χ2n) is 9.68. The number of likely N-dealkylation sites (tertiary alicyclic amines) is 1. The Bertz CT molecular complexity index is 720. The van der Waals surface area contributed by atoms with Gasteiger partial charge in [-0.05, 0) is 39.0 Å². The molecule has 168 valence electrons. The summed E-state index contributed by atoms with van der Waals surface area (Å²) in [7, 11) is 1.57. The number of carbonyl (C=O) groups is 3. The summed E-state index contributed by atoms with van der Waals surface area (Å²) in [6, 6.07) is -1.18. The van der Waals surface area contributed by atoms with Crippen molar-refractivity contribution in [2.45, 2.75) is 94.5 Å². The molecule has 3 aliphatic heterocycles. The number of aliphatic hydroxyl groups is 1. The molecule has 3 saturated heterocycles. The van der Waals surface area contributed by atoms with Gasteiger partial charge in [-0.1, -0.05) is 26.2 Å². The minimum atomic E-state index is -1.01. The van der Waals surface area contributed by atoms with Crippen LogP contribution in [0.4, 0.5) is 0 Å². The molecule has 0 aromatic carbocycles. The third-order valence-electron chi connectivity index (χ3n) is 8.02.